The number of hydrogen-bond donors (Lipinski definition) is 2. The van der Waals surface area contributed by atoms with Crippen molar-refractivity contribution in [3.05, 3.63) is 93.1 Å². The molecule has 0 aromatic heterocycles. The Balaban J connectivity index is 1.66. The summed E-state index contributed by atoms with van der Waals surface area (Å²) in [5, 5.41) is 6.09. The number of amides is 2. The number of benzene rings is 3. The van der Waals surface area contributed by atoms with Crippen LogP contribution in [0.4, 0.5) is 5.69 Å². The molecule has 2 N–H and O–H groups in total. The first kappa shape index (κ1) is 22.4. The predicted molar refractivity (Wildman–Crippen MR) is 129 cm³/mol. The van der Waals surface area contributed by atoms with Gasteiger partial charge in [-0.2, -0.15) is 0 Å². The summed E-state index contributed by atoms with van der Waals surface area (Å²) in [4.78, 5) is 26.2. The van der Waals surface area contributed by atoms with Crippen LogP contribution in [0.25, 0.3) is 6.08 Å². The SMILES string of the molecule is Cc1ccc(C(=O)N/C(=C\c2ccc3c(c2)OCO3)C(=O)Nc2cc(Cl)ccc2C)cc1C. The fourth-order valence-corrected chi connectivity index (χ4v) is 3.50. The molecule has 4 rings (SSSR count). The maximum Gasteiger partial charge on any atom is 0.272 e. The van der Waals surface area contributed by atoms with Crippen molar-refractivity contribution < 1.29 is 19.1 Å². The summed E-state index contributed by atoms with van der Waals surface area (Å²) in [5.41, 5.74) is 4.69. The van der Waals surface area contributed by atoms with E-state index < -0.39 is 5.91 Å². The first-order chi connectivity index (χ1) is 15.8. The van der Waals surface area contributed by atoms with Gasteiger partial charge < -0.3 is 20.1 Å². The Bertz CT molecular complexity index is 1280. The van der Waals surface area contributed by atoms with Gasteiger partial charge in [-0.1, -0.05) is 29.8 Å². The smallest absolute Gasteiger partial charge is 0.272 e. The molecule has 3 aromatic carbocycles. The van der Waals surface area contributed by atoms with Crippen LogP contribution in [0.2, 0.25) is 5.02 Å². The minimum absolute atomic E-state index is 0.0801. The number of anilines is 1. The molecular weight excluding hydrogens is 440 g/mol. The number of rotatable bonds is 5. The molecule has 1 heterocycles. The molecule has 0 unspecified atom stereocenters. The molecule has 1 aliphatic heterocycles. The molecule has 1 aliphatic rings. The van der Waals surface area contributed by atoms with Gasteiger partial charge in [0, 0.05) is 16.3 Å². The highest BCUT2D eigenvalue weighted by Gasteiger charge is 2.18. The molecule has 0 spiro atoms. The van der Waals surface area contributed by atoms with Crippen molar-refractivity contribution in [2.24, 2.45) is 0 Å². The van der Waals surface area contributed by atoms with Gasteiger partial charge in [-0.25, -0.2) is 0 Å². The van der Waals surface area contributed by atoms with Gasteiger partial charge in [0.25, 0.3) is 11.8 Å². The van der Waals surface area contributed by atoms with Crippen molar-refractivity contribution in [3.63, 3.8) is 0 Å². The van der Waals surface area contributed by atoms with Crippen LogP contribution < -0.4 is 20.1 Å². The lowest BCUT2D eigenvalue weighted by molar-refractivity contribution is -0.113. The van der Waals surface area contributed by atoms with Crippen LogP contribution in [0.15, 0.2) is 60.3 Å². The Labute approximate surface area is 197 Å². The summed E-state index contributed by atoms with van der Waals surface area (Å²) < 4.78 is 10.8. The molecule has 0 saturated carbocycles. The van der Waals surface area contributed by atoms with Crippen molar-refractivity contribution in [1.82, 2.24) is 5.32 Å². The molecule has 0 saturated heterocycles. The number of nitrogens with one attached hydrogen (secondary N) is 2. The first-order valence-electron chi connectivity index (χ1n) is 10.4. The molecule has 2 amide bonds. The summed E-state index contributed by atoms with van der Waals surface area (Å²) in [6.45, 7) is 5.92. The highest BCUT2D eigenvalue weighted by atomic mass is 35.5. The lowest BCUT2D eigenvalue weighted by Gasteiger charge is -2.14. The van der Waals surface area contributed by atoms with Crippen LogP contribution in [0.5, 0.6) is 11.5 Å². The lowest BCUT2D eigenvalue weighted by atomic mass is 10.1. The Morgan fingerprint density at radius 1 is 0.879 bits per heavy atom. The van der Waals surface area contributed by atoms with E-state index in [0.717, 1.165) is 16.7 Å². The molecule has 3 aromatic rings. The van der Waals surface area contributed by atoms with E-state index in [4.69, 9.17) is 21.1 Å². The molecule has 0 atom stereocenters. The maximum atomic E-state index is 13.2. The number of fused-ring (bicyclic) bond motifs is 1. The molecule has 33 heavy (non-hydrogen) atoms. The van der Waals surface area contributed by atoms with Gasteiger partial charge in [0.2, 0.25) is 6.79 Å². The predicted octanol–water partition coefficient (Wildman–Crippen LogP) is 5.40. The van der Waals surface area contributed by atoms with Crippen LogP contribution in [0.3, 0.4) is 0 Å². The summed E-state index contributed by atoms with van der Waals surface area (Å²) >= 11 is 6.09. The number of ether oxygens (including phenoxy) is 2. The van der Waals surface area contributed by atoms with Crippen molar-refractivity contribution in [2.75, 3.05) is 12.1 Å². The van der Waals surface area contributed by atoms with E-state index in [1.807, 2.05) is 32.9 Å². The third-order valence-corrected chi connectivity index (χ3v) is 5.65. The van der Waals surface area contributed by atoms with Crippen LogP contribution >= 0.6 is 11.6 Å². The molecule has 0 fully saturated rings. The zero-order valence-corrected chi connectivity index (χ0v) is 19.2. The van der Waals surface area contributed by atoms with Gasteiger partial charge in [0.15, 0.2) is 11.5 Å². The van der Waals surface area contributed by atoms with E-state index in [9.17, 15) is 9.59 Å². The summed E-state index contributed by atoms with van der Waals surface area (Å²) in [7, 11) is 0. The van der Waals surface area contributed by atoms with Gasteiger partial charge in [0.1, 0.15) is 5.70 Å². The minimum atomic E-state index is -0.477. The third kappa shape index (κ3) is 5.18. The van der Waals surface area contributed by atoms with Crippen LogP contribution in [0.1, 0.15) is 32.6 Å². The van der Waals surface area contributed by atoms with E-state index in [2.05, 4.69) is 10.6 Å². The standard InChI is InChI=1S/C26H23ClN2O4/c1-15-4-7-19(10-17(15)3)25(30)29-22(11-18-6-9-23-24(12-18)33-14-32-23)26(31)28-21-13-20(27)8-5-16(21)2/h4-13H,14H2,1-3H3,(H,28,31)(H,29,30)/b22-11-. The van der Waals surface area contributed by atoms with E-state index in [1.165, 1.54) is 0 Å². The second-order valence-corrected chi connectivity index (χ2v) is 8.27. The molecule has 168 valence electrons. The van der Waals surface area contributed by atoms with Crippen LogP contribution in [-0.2, 0) is 4.79 Å². The number of hydrogen-bond acceptors (Lipinski definition) is 4. The van der Waals surface area contributed by atoms with Gasteiger partial charge in [-0.05, 0) is 85.5 Å². The molecule has 6 nitrogen and oxygen atoms in total. The average molecular weight is 463 g/mol. The highest BCUT2D eigenvalue weighted by Crippen LogP contribution is 2.33. The van der Waals surface area contributed by atoms with Crippen LogP contribution in [-0.4, -0.2) is 18.6 Å². The molecular formula is C26H23ClN2O4. The summed E-state index contributed by atoms with van der Waals surface area (Å²) in [5.74, 6) is 0.347. The van der Waals surface area contributed by atoms with E-state index in [0.29, 0.717) is 33.3 Å². The van der Waals surface area contributed by atoms with Gasteiger partial charge in [-0.15, -0.1) is 0 Å². The summed E-state index contributed by atoms with van der Waals surface area (Å²) in [6.07, 6.45) is 1.59. The normalized spacial score (nSPS) is 12.4. The highest BCUT2D eigenvalue weighted by molar-refractivity contribution is 6.31. The maximum absolute atomic E-state index is 13.2. The summed E-state index contributed by atoms with van der Waals surface area (Å²) in [6, 6.07) is 15.9. The monoisotopic (exact) mass is 462 g/mol. The largest absolute Gasteiger partial charge is 0.454 e. The first-order valence-corrected chi connectivity index (χ1v) is 10.8. The zero-order chi connectivity index (χ0) is 23.5. The van der Waals surface area contributed by atoms with E-state index >= 15 is 0 Å². The number of carbonyl (C=O) groups is 2. The zero-order valence-electron chi connectivity index (χ0n) is 18.5. The molecule has 0 bridgehead atoms. The second kappa shape index (κ2) is 9.38. The quantitative estimate of drug-likeness (QED) is 0.497. The van der Waals surface area contributed by atoms with Crippen molar-refractivity contribution in [3.8, 4) is 11.5 Å². The third-order valence-electron chi connectivity index (χ3n) is 5.42. The lowest BCUT2D eigenvalue weighted by Crippen LogP contribution is -2.31. The number of carbonyl (C=O) groups excluding carboxylic acids is 2. The topological polar surface area (TPSA) is 76.7 Å². The fourth-order valence-electron chi connectivity index (χ4n) is 3.32. The van der Waals surface area contributed by atoms with Crippen molar-refractivity contribution in [1.29, 1.82) is 0 Å². The number of aryl methyl sites for hydroxylation is 3. The average Bonchev–Trinajstić information content (AvgIpc) is 3.25. The number of halogens is 1. The van der Waals surface area contributed by atoms with E-state index in [1.54, 1.807) is 48.5 Å². The van der Waals surface area contributed by atoms with Crippen LogP contribution in [0, 0.1) is 20.8 Å². The molecule has 0 aliphatic carbocycles. The van der Waals surface area contributed by atoms with Crippen molar-refractivity contribution >= 4 is 35.2 Å². The Hall–Kier alpha value is -3.77. The molecule has 7 heteroatoms. The Morgan fingerprint density at radius 3 is 2.42 bits per heavy atom. The van der Waals surface area contributed by atoms with Gasteiger partial charge in [0.05, 0.1) is 0 Å². The van der Waals surface area contributed by atoms with Gasteiger partial charge >= 0.3 is 0 Å². The Morgan fingerprint density at radius 2 is 1.64 bits per heavy atom. The van der Waals surface area contributed by atoms with Gasteiger partial charge in [-0.3, -0.25) is 9.59 Å². The minimum Gasteiger partial charge on any atom is -0.454 e. The Kier molecular flexibility index (Phi) is 6.38. The van der Waals surface area contributed by atoms with E-state index in [-0.39, 0.29) is 18.4 Å². The second-order valence-electron chi connectivity index (χ2n) is 7.84. The molecule has 0 radical (unpaired) electrons. The fraction of sp³-hybridized carbons (Fsp3) is 0.154. The van der Waals surface area contributed by atoms with Crippen molar-refractivity contribution in [2.45, 2.75) is 20.8 Å².